The van der Waals surface area contributed by atoms with Crippen LogP contribution in [0.15, 0.2) is 24.3 Å². The van der Waals surface area contributed by atoms with E-state index in [4.69, 9.17) is 17.3 Å². The predicted octanol–water partition coefficient (Wildman–Crippen LogP) is 3.46. The van der Waals surface area contributed by atoms with Crippen molar-refractivity contribution in [1.82, 2.24) is 4.90 Å². The maximum atomic E-state index is 6.07. The molecule has 1 saturated heterocycles. The predicted molar refractivity (Wildman–Crippen MR) is 77.8 cm³/mol. The maximum absolute atomic E-state index is 6.07. The van der Waals surface area contributed by atoms with Crippen LogP contribution in [-0.4, -0.2) is 24.5 Å². The summed E-state index contributed by atoms with van der Waals surface area (Å²) in [6.45, 7) is 5.27. The van der Waals surface area contributed by atoms with E-state index in [1.54, 1.807) is 0 Å². The number of piperidine rings is 1. The van der Waals surface area contributed by atoms with Crippen molar-refractivity contribution >= 4 is 11.6 Å². The van der Waals surface area contributed by atoms with Crippen LogP contribution in [0.3, 0.4) is 0 Å². The summed E-state index contributed by atoms with van der Waals surface area (Å²) in [5.41, 5.74) is 7.22. The van der Waals surface area contributed by atoms with Crippen molar-refractivity contribution in [2.45, 2.75) is 32.2 Å². The van der Waals surface area contributed by atoms with Crippen LogP contribution in [0, 0.1) is 5.92 Å². The topological polar surface area (TPSA) is 29.3 Å². The highest BCUT2D eigenvalue weighted by molar-refractivity contribution is 6.30. The highest BCUT2D eigenvalue weighted by Gasteiger charge is 2.24. The van der Waals surface area contributed by atoms with Crippen LogP contribution >= 0.6 is 11.6 Å². The van der Waals surface area contributed by atoms with Gasteiger partial charge in [0.05, 0.1) is 0 Å². The Morgan fingerprint density at radius 1 is 1.39 bits per heavy atom. The molecule has 1 unspecified atom stereocenters. The minimum Gasteiger partial charge on any atom is -0.329 e. The molecule has 0 aromatic heterocycles. The van der Waals surface area contributed by atoms with Gasteiger partial charge in [-0.15, -0.1) is 0 Å². The lowest BCUT2D eigenvalue weighted by Gasteiger charge is -2.37. The molecule has 1 aromatic rings. The minimum absolute atomic E-state index is 0.321. The van der Waals surface area contributed by atoms with E-state index < -0.39 is 0 Å². The molecule has 1 heterocycles. The molecule has 2 nitrogen and oxygen atoms in total. The van der Waals surface area contributed by atoms with E-state index in [0.29, 0.717) is 12.6 Å². The van der Waals surface area contributed by atoms with Crippen LogP contribution in [0.1, 0.15) is 37.8 Å². The van der Waals surface area contributed by atoms with E-state index in [0.717, 1.165) is 24.0 Å². The number of nitrogens with zero attached hydrogens (tertiary/aromatic N) is 1. The fourth-order valence-electron chi connectivity index (χ4n) is 2.88. The van der Waals surface area contributed by atoms with Crippen molar-refractivity contribution in [3.05, 3.63) is 34.9 Å². The van der Waals surface area contributed by atoms with Crippen LogP contribution < -0.4 is 5.73 Å². The molecule has 1 atom stereocenters. The summed E-state index contributed by atoms with van der Waals surface area (Å²) in [5, 5.41) is 0.800. The Hall–Kier alpha value is -0.570. The Labute approximate surface area is 115 Å². The molecular formula is C15H23ClN2. The van der Waals surface area contributed by atoms with E-state index in [2.05, 4.69) is 17.9 Å². The zero-order valence-electron chi connectivity index (χ0n) is 11.1. The lowest BCUT2D eigenvalue weighted by molar-refractivity contribution is 0.134. The molecule has 1 aliphatic heterocycles. The second-order valence-corrected chi connectivity index (χ2v) is 5.63. The summed E-state index contributed by atoms with van der Waals surface area (Å²) in [4.78, 5) is 2.51. The normalized spacial score (nSPS) is 19.9. The van der Waals surface area contributed by atoms with Crippen molar-refractivity contribution in [3.63, 3.8) is 0 Å². The van der Waals surface area contributed by atoms with Gasteiger partial charge in [0.15, 0.2) is 0 Å². The fraction of sp³-hybridized carbons (Fsp3) is 0.600. The Morgan fingerprint density at radius 3 is 2.67 bits per heavy atom. The summed E-state index contributed by atoms with van der Waals surface area (Å²) >= 11 is 6.07. The summed E-state index contributed by atoms with van der Waals surface area (Å²) in [6, 6.07) is 8.43. The zero-order chi connectivity index (χ0) is 13.0. The Bertz CT molecular complexity index is 373. The molecule has 1 aliphatic rings. The molecule has 0 bridgehead atoms. The SMILES string of the molecule is CCC1CCN(C(CN)c2cccc(Cl)c2)CC1. The summed E-state index contributed by atoms with van der Waals surface area (Å²) in [5.74, 6) is 0.902. The first-order chi connectivity index (χ1) is 8.74. The van der Waals surface area contributed by atoms with Gasteiger partial charge in [-0.25, -0.2) is 0 Å². The lowest BCUT2D eigenvalue weighted by atomic mass is 9.92. The molecule has 100 valence electrons. The minimum atomic E-state index is 0.321. The van der Waals surface area contributed by atoms with Gasteiger partial charge in [0.2, 0.25) is 0 Å². The standard InChI is InChI=1S/C15H23ClN2/c1-2-12-6-8-18(9-7-12)15(11-17)13-4-3-5-14(16)10-13/h3-5,10,12,15H,2,6-9,11,17H2,1H3. The summed E-state index contributed by atoms with van der Waals surface area (Å²) < 4.78 is 0. The third-order valence-electron chi connectivity index (χ3n) is 4.12. The van der Waals surface area contributed by atoms with Crippen molar-refractivity contribution in [3.8, 4) is 0 Å². The Kier molecular flexibility index (Phi) is 5.04. The van der Waals surface area contributed by atoms with Crippen LogP contribution in [0.4, 0.5) is 0 Å². The number of rotatable bonds is 4. The number of hydrogen-bond acceptors (Lipinski definition) is 2. The third-order valence-corrected chi connectivity index (χ3v) is 4.36. The van der Waals surface area contributed by atoms with Gasteiger partial charge in [-0.2, -0.15) is 0 Å². The average molecular weight is 267 g/mol. The maximum Gasteiger partial charge on any atom is 0.0470 e. The van der Waals surface area contributed by atoms with E-state index >= 15 is 0 Å². The first-order valence-electron chi connectivity index (χ1n) is 6.94. The fourth-order valence-corrected chi connectivity index (χ4v) is 3.08. The van der Waals surface area contributed by atoms with Gasteiger partial charge in [0.1, 0.15) is 0 Å². The van der Waals surface area contributed by atoms with Crippen molar-refractivity contribution < 1.29 is 0 Å². The smallest absolute Gasteiger partial charge is 0.0470 e. The van der Waals surface area contributed by atoms with E-state index in [1.807, 2.05) is 18.2 Å². The summed E-state index contributed by atoms with van der Waals surface area (Å²) in [7, 11) is 0. The number of nitrogens with two attached hydrogens (primary N) is 1. The number of halogens is 1. The molecule has 3 heteroatoms. The quantitative estimate of drug-likeness (QED) is 0.904. The van der Waals surface area contributed by atoms with Gasteiger partial charge in [-0.1, -0.05) is 37.1 Å². The van der Waals surface area contributed by atoms with E-state index in [-0.39, 0.29) is 0 Å². The summed E-state index contributed by atoms with van der Waals surface area (Å²) in [6.07, 6.45) is 3.90. The van der Waals surface area contributed by atoms with Gasteiger partial charge in [-0.3, -0.25) is 4.90 Å². The Balaban J connectivity index is 2.05. The first-order valence-corrected chi connectivity index (χ1v) is 7.32. The number of likely N-dealkylation sites (tertiary alicyclic amines) is 1. The molecule has 1 aromatic carbocycles. The van der Waals surface area contributed by atoms with Crippen molar-refractivity contribution in [2.24, 2.45) is 11.7 Å². The molecule has 0 aliphatic carbocycles. The van der Waals surface area contributed by atoms with Crippen LogP contribution in [-0.2, 0) is 0 Å². The van der Waals surface area contributed by atoms with Gasteiger partial charge in [0, 0.05) is 17.6 Å². The van der Waals surface area contributed by atoms with Gasteiger partial charge < -0.3 is 5.73 Å². The van der Waals surface area contributed by atoms with Gasteiger partial charge in [-0.05, 0) is 49.5 Å². The van der Waals surface area contributed by atoms with Gasteiger partial charge >= 0.3 is 0 Å². The molecule has 0 saturated carbocycles. The zero-order valence-corrected chi connectivity index (χ0v) is 11.9. The molecule has 18 heavy (non-hydrogen) atoms. The van der Waals surface area contributed by atoms with Crippen molar-refractivity contribution in [1.29, 1.82) is 0 Å². The molecule has 1 fully saturated rings. The average Bonchev–Trinajstić information content (AvgIpc) is 2.40. The van der Waals surface area contributed by atoms with Crippen LogP contribution in [0.2, 0.25) is 5.02 Å². The molecule has 0 radical (unpaired) electrons. The number of benzene rings is 1. The van der Waals surface area contributed by atoms with Gasteiger partial charge in [0.25, 0.3) is 0 Å². The Morgan fingerprint density at radius 2 is 2.11 bits per heavy atom. The van der Waals surface area contributed by atoms with E-state index in [9.17, 15) is 0 Å². The largest absolute Gasteiger partial charge is 0.329 e. The first kappa shape index (κ1) is 13.9. The lowest BCUT2D eigenvalue weighted by Crippen LogP contribution is -2.39. The molecular weight excluding hydrogens is 244 g/mol. The molecule has 0 amide bonds. The second-order valence-electron chi connectivity index (χ2n) is 5.19. The highest BCUT2D eigenvalue weighted by atomic mass is 35.5. The van der Waals surface area contributed by atoms with Crippen LogP contribution in [0.25, 0.3) is 0 Å². The molecule has 0 spiro atoms. The highest BCUT2D eigenvalue weighted by Crippen LogP contribution is 2.28. The second kappa shape index (κ2) is 6.55. The molecule has 2 N–H and O–H groups in total. The third kappa shape index (κ3) is 3.25. The van der Waals surface area contributed by atoms with Crippen molar-refractivity contribution in [2.75, 3.05) is 19.6 Å². The monoisotopic (exact) mass is 266 g/mol. The molecule has 2 rings (SSSR count). The number of hydrogen-bond donors (Lipinski definition) is 1. The van der Waals surface area contributed by atoms with E-state index in [1.165, 1.54) is 24.8 Å². The van der Waals surface area contributed by atoms with Crippen LogP contribution in [0.5, 0.6) is 0 Å².